The minimum absolute atomic E-state index is 0.317. The van der Waals surface area contributed by atoms with Crippen LogP contribution in [0.25, 0.3) is 0 Å². The molecule has 0 aromatic heterocycles. The fraction of sp³-hybridized carbons (Fsp3) is 0.625. The highest BCUT2D eigenvalue weighted by Gasteiger charge is 2.49. The van der Waals surface area contributed by atoms with Gasteiger partial charge in [-0.15, -0.1) is 0 Å². The molecule has 0 radical (unpaired) electrons. The van der Waals surface area contributed by atoms with Crippen molar-refractivity contribution in [3.05, 3.63) is 30.3 Å². The molecule has 1 aliphatic heterocycles. The normalized spacial score (nSPS) is 32.6. The molecule has 1 saturated heterocycles. The van der Waals surface area contributed by atoms with Gasteiger partial charge in [-0.3, -0.25) is 4.21 Å². The first-order chi connectivity index (χ1) is 11.2. The Morgan fingerprint density at radius 2 is 1.57 bits per heavy atom. The van der Waals surface area contributed by atoms with Gasteiger partial charge in [0, 0.05) is 33.3 Å². The van der Waals surface area contributed by atoms with Gasteiger partial charge in [0.05, 0.1) is 17.4 Å². The predicted molar refractivity (Wildman–Crippen MR) is 85.8 cm³/mol. The van der Waals surface area contributed by atoms with Crippen molar-refractivity contribution in [1.29, 1.82) is 0 Å². The minimum Gasteiger partial charge on any atom is -0.382 e. The van der Waals surface area contributed by atoms with E-state index in [4.69, 9.17) is 23.7 Å². The maximum atomic E-state index is 12.9. The van der Waals surface area contributed by atoms with Gasteiger partial charge < -0.3 is 23.7 Å². The van der Waals surface area contributed by atoms with Crippen LogP contribution in [0.1, 0.15) is 0 Å². The molecule has 1 aliphatic rings. The maximum absolute atomic E-state index is 12.9. The van der Waals surface area contributed by atoms with E-state index in [1.54, 1.807) is 28.4 Å². The van der Waals surface area contributed by atoms with E-state index in [0.717, 1.165) is 0 Å². The van der Waals surface area contributed by atoms with Crippen LogP contribution in [0.2, 0.25) is 0 Å². The first-order valence-corrected chi connectivity index (χ1v) is 8.57. The fourth-order valence-electron chi connectivity index (χ4n) is 2.84. The molecule has 130 valence electrons. The molecule has 1 aromatic rings. The monoisotopic (exact) mass is 344 g/mol. The highest BCUT2D eigenvalue weighted by atomic mass is 32.2. The topological polar surface area (TPSA) is 63.2 Å². The van der Waals surface area contributed by atoms with Crippen molar-refractivity contribution >= 4 is 10.8 Å². The summed E-state index contributed by atoms with van der Waals surface area (Å²) in [5.74, 6) is 0. The Morgan fingerprint density at radius 1 is 0.957 bits per heavy atom. The summed E-state index contributed by atoms with van der Waals surface area (Å²) in [6.45, 7) is 0.317. The van der Waals surface area contributed by atoms with Gasteiger partial charge in [-0.25, -0.2) is 0 Å². The number of methoxy groups -OCH3 is 4. The molecule has 7 heteroatoms. The van der Waals surface area contributed by atoms with Crippen LogP contribution in [0, 0.1) is 0 Å². The summed E-state index contributed by atoms with van der Waals surface area (Å²) in [5.41, 5.74) is -0.668. The summed E-state index contributed by atoms with van der Waals surface area (Å²) in [4.78, 5) is 0.682. The van der Waals surface area contributed by atoms with Crippen molar-refractivity contribution in [3.8, 4) is 0 Å². The maximum Gasteiger partial charge on any atom is 0.166 e. The van der Waals surface area contributed by atoms with E-state index in [2.05, 4.69) is 0 Å². The molecule has 0 spiro atoms. The molecule has 2 rings (SSSR count). The van der Waals surface area contributed by atoms with Gasteiger partial charge in [0.2, 0.25) is 0 Å². The van der Waals surface area contributed by atoms with Crippen LogP contribution < -0.4 is 0 Å². The molecule has 1 aromatic carbocycles. The summed E-state index contributed by atoms with van der Waals surface area (Å²) in [6, 6.07) is 9.18. The SMILES string of the molecule is COC[C@H]1O[C@H](S(=O)c2ccccc2)[C@@H](OC)[C@@H](OC)[C@@H]1OC. The average molecular weight is 344 g/mol. The number of hydrogen-bond donors (Lipinski definition) is 0. The summed E-state index contributed by atoms with van der Waals surface area (Å²) in [7, 11) is 4.91. The Kier molecular flexibility index (Phi) is 7.13. The third kappa shape index (κ3) is 3.99. The van der Waals surface area contributed by atoms with E-state index in [9.17, 15) is 4.21 Å². The number of hydrogen-bond acceptors (Lipinski definition) is 6. The Bertz CT molecular complexity index is 497. The molecule has 0 saturated carbocycles. The fourth-order valence-corrected chi connectivity index (χ4v) is 4.29. The number of ether oxygens (including phenoxy) is 5. The quantitative estimate of drug-likeness (QED) is 0.741. The molecule has 0 amide bonds. The van der Waals surface area contributed by atoms with Gasteiger partial charge in [-0.2, -0.15) is 0 Å². The second-order valence-electron chi connectivity index (χ2n) is 5.21. The zero-order valence-corrected chi connectivity index (χ0v) is 14.7. The second kappa shape index (κ2) is 8.86. The lowest BCUT2D eigenvalue weighted by Crippen LogP contribution is -2.61. The molecule has 6 atom stereocenters. The largest absolute Gasteiger partial charge is 0.382 e. The molecule has 0 bridgehead atoms. The molecular weight excluding hydrogens is 320 g/mol. The summed E-state index contributed by atoms with van der Waals surface area (Å²) >= 11 is 0. The molecule has 6 nitrogen and oxygen atoms in total. The van der Waals surface area contributed by atoms with E-state index < -0.39 is 28.4 Å². The highest BCUT2D eigenvalue weighted by Crippen LogP contribution is 2.31. The van der Waals surface area contributed by atoms with Gasteiger partial charge in [-0.1, -0.05) is 18.2 Å². The minimum atomic E-state index is -1.40. The van der Waals surface area contributed by atoms with Gasteiger partial charge in [0.25, 0.3) is 0 Å². The second-order valence-corrected chi connectivity index (χ2v) is 6.74. The molecule has 1 heterocycles. The van der Waals surface area contributed by atoms with Crippen molar-refractivity contribution in [2.75, 3.05) is 35.0 Å². The lowest BCUT2D eigenvalue weighted by molar-refractivity contribution is -0.229. The van der Waals surface area contributed by atoms with Crippen LogP contribution in [0.15, 0.2) is 35.2 Å². The molecule has 1 unspecified atom stereocenters. The number of rotatable bonds is 7. The highest BCUT2D eigenvalue weighted by molar-refractivity contribution is 7.85. The summed E-state index contributed by atoms with van der Waals surface area (Å²) in [6.07, 6.45) is -1.68. The number of benzene rings is 1. The predicted octanol–water partition coefficient (Wildman–Crippen LogP) is 1.21. The van der Waals surface area contributed by atoms with E-state index >= 15 is 0 Å². The van der Waals surface area contributed by atoms with Gasteiger partial charge in [-0.05, 0) is 12.1 Å². The average Bonchev–Trinajstić information content (AvgIpc) is 2.60. The Labute approximate surface area is 139 Å². The Balaban J connectivity index is 2.31. The lowest BCUT2D eigenvalue weighted by atomic mass is 9.99. The zero-order chi connectivity index (χ0) is 16.8. The Hall–Kier alpha value is -0.830. The molecule has 0 aliphatic carbocycles. The van der Waals surface area contributed by atoms with Gasteiger partial charge in [0.1, 0.15) is 24.4 Å². The van der Waals surface area contributed by atoms with E-state index in [1.807, 2.05) is 30.3 Å². The molecule has 0 N–H and O–H groups in total. The lowest BCUT2D eigenvalue weighted by Gasteiger charge is -2.44. The van der Waals surface area contributed by atoms with Gasteiger partial charge in [0.15, 0.2) is 5.44 Å². The smallest absolute Gasteiger partial charge is 0.166 e. The third-order valence-corrected chi connectivity index (χ3v) is 5.46. The van der Waals surface area contributed by atoms with E-state index in [0.29, 0.717) is 11.5 Å². The molecule has 23 heavy (non-hydrogen) atoms. The molecule has 1 fully saturated rings. The summed E-state index contributed by atoms with van der Waals surface area (Å²) < 4.78 is 40.8. The van der Waals surface area contributed by atoms with Crippen molar-refractivity contribution in [3.63, 3.8) is 0 Å². The standard InChI is InChI=1S/C16H24O6S/c1-18-10-12-13(19-2)14(20-3)15(21-4)16(22-12)23(17)11-8-6-5-7-9-11/h5-9,12-16H,10H2,1-4H3/t12-,13-,14+,15+,16-,23?/m1/s1. The van der Waals surface area contributed by atoms with Crippen LogP contribution in [0.4, 0.5) is 0 Å². The first kappa shape index (κ1) is 18.5. The van der Waals surface area contributed by atoms with Crippen LogP contribution in [-0.2, 0) is 34.5 Å². The molecular formula is C16H24O6S. The van der Waals surface area contributed by atoms with Crippen molar-refractivity contribution < 1.29 is 27.9 Å². The van der Waals surface area contributed by atoms with Crippen LogP contribution in [0.3, 0.4) is 0 Å². The van der Waals surface area contributed by atoms with Crippen LogP contribution >= 0.6 is 0 Å². The van der Waals surface area contributed by atoms with Crippen molar-refractivity contribution in [2.45, 2.75) is 34.7 Å². The summed E-state index contributed by atoms with van der Waals surface area (Å²) in [5, 5.41) is 0. The van der Waals surface area contributed by atoms with Crippen molar-refractivity contribution in [2.24, 2.45) is 0 Å². The van der Waals surface area contributed by atoms with E-state index in [1.165, 1.54) is 0 Å². The van der Waals surface area contributed by atoms with Crippen LogP contribution in [0.5, 0.6) is 0 Å². The zero-order valence-electron chi connectivity index (χ0n) is 13.8. The third-order valence-electron chi connectivity index (χ3n) is 3.93. The van der Waals surface area contributed by atoms with Crippen LogP contribution in [-0.4, -0.2) is 69.1 Å². The Morgan fingerprint density at radius 3 is 2.09 bits per heavy atom. The van der Waals surface area contributed by atoms with Crippen molar-refractivity contribution in [1.82, 2.24) is 0 Å². The van der Waals surface area contributed by atoms with E-state index in [-0.39, 0.29) is 12.2 Å². The first-order valence-electron chi connectivity index (χ1n) is 7.36. The van der Waals surface area contributed by atoms with Gasteiger partial charge >= 0.3 is 0 Å².